The Morgan fingerprint density at radius 1 is 1.15 bits per heavy atom. The van der Waals surface area contributed by atoms with Crippen LogP contribution >= 0.6 is 0 Å². The number of carbonyl (C=O) groups is 1. The maximum atomic E-state index is 12.4. The molecule has 0 bridgehead atoms. The second-order valence-corrected chi connectivity index (χ2v) is 5.75. The number of piperidine rings is 2. The molecule has 2 rings (SSSR count). The average Bonchev–Trinajstić information content (AvgIpc) is 2.37. The predicted octanol–water partition coefficient (Wildman–Crippen LogP) is 1.24. The molecule has 0 aromatic rings. The van der Waals surface area contributed by atoms with Crippen LogP contribution < -0.4 is 0 Å². The van der Waals surface area contributed by atoms with E-state index in [-0.39, 0.29) is 24.5 Å². The Bertz CT molecular complexity index is 341. The van der Waals surface area contributed by atoms with Crippen LogP contribution in [0.3, 0.4) is 0 Å². The Balaban J connectivity index is 1.86. The monoisotopic (exact) mass is 294 g/mol. The summed E-state index contributed by atoms with van der Waals surface area (Å²) < 4.78 is 37.2. The number of amides is 1. The SMILES string of the molecule is O=C(C1CCCN(CC(F)(F)F)C1)N1CCC(O)CC1. The van der Waals surface area contributed by atoms with Crippen molar-refractivity contribution in [2.24, 2.45) is 5.92 Å². The molecule has 4 nitrogen and oxygen atoms in total. The zero-order valence-corrected chi connectivity index (χ0v) is 11.4. The molecule has 1 N–H and O–H groups in total. The van der Waals surface area contributed by atoms with Crippen LogP contribution in [0.5, 0.6) is 0 Å². The molecular formula is C13H21F3N2O2. The molecular weight excluding hydrogens is 273 g/mol. The van der Waals surface area contributed by atoms with E-state index in [9.17, 15) is 23.1 Å². The molecule has 0 aliphatic carbocycles. The molecule has 1 amide bonds. The molecule has 0 aromatic carbocycles. The van der Waals surface area contributed by atoms with Gasteiger partial charge in [-0.1, -0.05) is 0 Å². The van der Waals surface area contributed by atoms with E-state index in [1.807, 2.05) is 0 Å². The zero-order valence-electron chi connectivity index (χ0n) is 11.4. The number of carbonyl (C=O) groups excluding carboxylic acids is 1. The van der Waals surface area contributed by atoms with Crippen LogP contribution in [0.1, 0.15) is 25.7 Å². The number of rotatable bonds is 2. The molecule has 1 atom stereocenters. The van der Waals surface area contributed by atoms with Crippen LogP contribution in [-0.4, -0.2) is 65.8 Å². The summed E-state index contributed by atoms with van der Waals surface area (Å²) in [4.78, 5) is 15.3. The number of alkyl halides is 3. The maximum absolute atomic E-state index is 12.4. The van der Waals surface area contributed by atoms with Crippen molar-refractivity contribution in [2.45, 2.75) is 38.0 Å². The first-order valence-corrected chi connectivity index (χ1v) is 7.11. The standard InChI is InChI=1S/C13H21F3N2O2/c14-13(15,16)9-17-5-1-2-10(8-17)12(20)18-6-3-11(19)4-7-18/h10-11,19H,1-9H2. The lowest BCUT2D eigenvalue weighted by Crippen LogP contribution is -2.49. The fourth-order valence-electron chi connectivity index (χ4n) is 3.00. The Kier molecular flexibility index (Phi) is 4.90. The van der Waals surface area contributed by atoms with Crippen LogP contribution in [0.2, 0.25) is 0 Å². The van der Waals surface area contributed by atoms with Gasteiger partial charge < -0.3 is 10.0 Å². The molecule has 2 saturated heterocycles. The van der Waals surface area contributed by atoms with E-state index in [1.54, 1.807) is 4.90 Å². The van der Waals surface area contributed by atoms with Crippen LogP contribution in [0.4, 0.5) is 13.2 Å². The summed E-state index contributed by atoms with van der Waals surface area (Å²) in [5.41, 5.74) is 0. The van der Waals surface area contributed by atoms with Gasteiger partial charge in [-0.15, -0.1) is 0 Å². The summed E-state index contributed by atoms with van der Waals surface area (Å²) in [7, 11) is 0. The molecule has 7 heteroatoms. The van der Waals surface area contributed by atoms with Gasteiger partial charge in [0.25, 0.3) is 0 Å². The summed E-state index contributed by atoms with van der Waals surface area (Å²) in [5.74, 6) is -0.384. The number of hydrogen-bond donors (Lipinski definition) is 1. The lowest BCUT2D eigenvalue weighted by Gasteiger charge is -2.37. The highest BCUT2D eigenvalue weighted by molar-refractivity contribution is 5.79. The van der Waals surface area contributed by atoms with Gasteiger partial charge in [0, 0.05) is 19.6 Å². The van der Waals surface area contributed by atoms with Crippen molar-refractivity contribution in [1.29, 1.82) is 0 Å². The van der Waals surface area contributed by atoms with Crippen molar-refractivity contribution in [1.82, 2.24) is 9.80 Å². The second-order valence-electron chi connectivity index (χ2n) is 5.75. The van der Waals surface area contributed by atoms with Crippen molar-refractivity contribution in [2.75, 3.05) is 32.7 Å². The van der Waals surface area contributed by atoms with E-state index >= 15 is 0 Å². The maximum Gasteiger partial charge on any atom is 0.401 e. The van der Waals surface area contributed by atoms with Gasteiger partial charge in [-0.05, 0) is 32.2 Å². The van der Waals surface area contributed by atoms with Gasteiger partial charge in [0.05, 0.1) is 18.6 Å². The first-order chi connectivity index (χ1) is 9.35. The summed E-state index contributed by atoms with van der Waals surface area (Å²) in [6.07, 6.45) is -2.16. The molecule has 0 aromatic heterocycles. The molecule has 2 fully saturated rings. The highest BCUT2D eigenvalue weighted by Gasteiger charge is 2.36. The fraction of sp³-hybridized carbons (Fsp3) is 0.923. The molecule has 2 heterocycles. The van der Waals surface area contributed by atoms with Gasteiger partial charge in [0.2, 0.25) is 5.91 Å². The number of halogens is 3. The minimum Gasteiger partial charge on any atom is -0.393 e. The van der Waals surface area contributed by atoms with Crippen LogP contribution in [0.15, 0.2) is 0 Å². The van der Waals surface area contributed by atoms with Gasteiger partial charge in [0.1, 0.15) is 0 Å². The van der Waals surface area contributed by atoms with E-state index in [4.69, 9.17) is 0 Å². The van der Waals surface area contributed by atoms with Gasteiger partial charge >= 0.3 is 6.18 Å². The summed E-state index contributed by atoms with van der Waals surface area (Å²) in [6.45, 7) is 0.681. The minimum atomic E-state index is -4.21. The fourth-order valence-corrected chi connectivity index (χ4v) is 3.00. The van der Waals surface area contributed by atoms with E-state index in [2.05, 4.69) is 0 Å². The first-order valence-electron chi connectivity index (χ1n) is 7.11. The number of likely N-dealkylation sites (tertiary alicyclic amines) is 2. The van der Waals surface area contributed by atoms with Crippen LogP contribution in [0.25, 0.3) is 0 Å². The number of hydrogen-bond acceptors (Lipinski definition) is 3. The molecule has 2 aliphatic heterocycles. The highest BCUT2D eigenvalue weighted by atomic mass is 19.4. The minimum absolute atomic E-state index is 0.0521. The van der Waals surface area contributed by atoms with Gasteiger partial charge in [-0.3, -0.25) is 9.69 Å². The third-order valence-electron chi connectivity index (χ3n) is 4.03. The van der Waals surface area contributed by atoms with Crippen molar-refractivity contribution in [3.8, 4) is 0 Å². The molecule has 0 spiro atoms. The summed E-state index contributed by atoms with van der Waals surface area (Å²) >= 11 is 0. The third kappa shape index (κ3) is 4.34. The number of aliphatic hydroxyl groups excluding tert-OH is 1. The highest BCUT2D eigenvalue weighted by Crippen LogP contribution is 2.24. The topological polar surface area (TPSA) is 43.8 Å². The second kappa shape index (κ2) is 6.30. The van der Waals surface area contributed by atoms with E-state index in [0.29, 0.717) is 45.3 Å². The Morgan fingerprint density at radius 3 is 2.40 bits per heavy atom. The molecule has 116 valence electrons. The van der Waals surface area contributed by atoms with Crippen molar-refractivity contribution < 1.29 is 23.1 Å². The van der Waals surface area contributed by atoms with E-state index < -0.39 is 12.7 Å². The van der Waals surface area contributed by atoms with E-state index in [0.717, 1.165) is 0 Å². The predicted molar refractivity (Wildman–Crippen MR) is 67.0 cm³/mol. The van der Waals surface area contributed by atoms with Crippen LogP contribution in [0, 0.1) is 5.92 Å². The average molecular weight is 294 g/mol. The van der Waals surface area contributed by atoms with Gasteiger partial charge in [0.15, 0.2) is 0 Å². The summed E-state index contributed by atoms with van der Waals surface area (Å²) in [5, 5.41) is 9.42. The number of nitrogens with zero attached hydrogens (tertiary/aromatic N) is 2. The van der Waals surface area contributed by atoms with E-state index in [1.165, 1.54) is 4.90 Å². The molecule has 2 aliphatic rings. The van der Waals surface area contributed by atoms with Crippen molar-refractivity contribution >= 4 is 5.91 Å². The molecule has 20 heavy (non-hydrogen) atoms. The van der Waals surface area contributed by atoms with Crippen molar-refractivity contribution in [3.05, 3.63) is 0 Å². The van der Waals surface area contributed by atoms with Gasteiger partial charge in [-0.2, -0.15) is 13.2 Å². The van der Waals surface area contributed by atoms with Crippen LogP contribution in [-0.2, 0) is 4.79 Å². The largest absolute Gasteiger partial charge is 0.401 e. The molecule has 0 radical (unpaired) electrons. The smallest absolute Gasteiger partial charge is 0.393 e. The quantitative estimate of drug-likeness (QED) is 0.833. The Morgan fingerprint density at radius 2 is 1.80 bits per heavy atom. The normalized spacial score (nSPS) is 26.8. The molecule has 1 unspecified atom stereocenters. The third-order valence-corrected chi connectivity index (χ3v) is 4.03. The number of aliphatic hydroxyl groups is 1. The lowest BCUT2D eigenvalue weighted by molar-refractivity contribution is -0.155. The lowest BCUT2D eigenvalue weighted by atomic mass is 9.95. The first kappa shape index (κ1) is 15.6. The van der Waals surface area contributed by atoms with Crippen molar-refractivity contribution in [3.63, 3.8) is 0 Å². The Labute approximate surface area is 116 Å². The zero-order chi connectivity index (χ0) is 14.8. The summed E-state index contributed by atoms with van der Waals surface area (Å²) in [6, 6.07) is 0. The van der Waals surface area contributed by atoms with Gasteiger partial charge in [-0.25, -0.2) is 0 Å². The molecule has 0 saturated carbocycles. The Hall–Kier alpha value is -0.820.